The SMILES string of the molecule is CSCCc1nccn1Cn1ccnc1CCSC. The molecule has 4 nitrogen and oxygen atoms in total. The molecule has 19 heavy (non-hydrogen) atoms. The molecule has 2 rings (SSSR count). The van der Waals surface area contributed by atoms with Crippen LogP contribution in [-0.2, 0) is 19.5 Å². The van der Waals surface area contributed by atoms with Crippen molar-refractivity contribution in [3.8, 4) is 0 Å². The molecule has 2 aromatic heterocycles. The molecule has 0 saturated carbocycles. The van der Waals surface area contributed by atoms with Crippen LogP contribution >= 0.6 is 23.5 Å². The van der Waals surface area contributed by atoms with E-state index in [1.54, 1.807) is 0 Å². The Morgan fingerprint density at radius 1 is 0.895 bits per heavy atom. The maximum Gasteiger partial charge on any atom is 0.110 e. The lowest BCUT2D eigenvalue weighted by Crippen LogP contribution is -2.13. The van der Waals surface area contributed by atoms with E-state index in [9.17, 15) is 0 Å². The van der Waals surface area contributed by atoms with Gasteiger partial charge in [0.05, 0.1) is 0 Å². The van der Waals surface area contributed by atoms with Crippen molar-refractivity contribution in [1.82, 2.24) is 19.1 Å². The van der Waals surface area contributed by atoms with Crippen molar-refractivity contribution in [3.63, 3.8) is 0 Å². The topological polar surface area (TPSA) is 35.6 Å². The maximum absolute atomic E-state index is 4.44. The van der Waals surface area contributed by atoms with Crippen molar-refractivity contribution in [2.24, 2.45) is 0 Å². The Balaban J connectivity index is 2.04. The Morgan fingerprint density at radius 2 is 1.37 bits per heavy atom. The smallest absolute Gasteiger partial charge is 0.110 e. The summed E-state index contributed by atoms with van der Waals surface area (Å²) < 4.78 is 4.42. The zero-order valence-corrected chi connectivity index (χ0v) is 13.1. The van der Waals surface area contributed by atoms with Gasteiger partial charge in [-0.2, -0.15) is 23.5 Å². The normalized spacial score (nSPS) is 11.1. The zero-order valence-electron chi connectivity index (χ0n) is 11.5. The first-order valence-corrected chi connectivity index (χ1v) is 9.11. The highest BCUT2D eigenvalue weighted by atomic mass is 32.2. The number of aromatic nitrogens is 4. The summed E-state index contributed by atoms with van der Waals surface area (Å²) in [5, 5.41) is 0. The molecule has 0 unspecified atom stereocenters. The van der Waals surface area contributed by atoms with Crippen molar-refractivity contribution in [3.05, 3.63) is 36.4 Å². The predicted molar refractivity (Wildman–Crippen MR) is 84.0 cm³/mol. The monoisotopic (exact) mass is 296 g/mol. The third-order valence-corrected chi connectivity index (χ3v) is 4.19. The number of thioether (sulfide) groups is 2. The Kier molecular flexibility index (Phi) is 5.85. The van der Waals surface area contributed by atoms with Crippen LogP contribution in [0.4, 0.5) is 0 Å². The van der Waals surface area contributed by atoms with Crippen LogP contribution < -0.4 is 0 Å². The molecule has 0 radical (unpaired) electrons. The van der Waals surface area contributed by atoms with Crippen LogP contribution in [0.25, 0.3) is 0 Å². The molecule has 2 heterocycles. The van der Waals surface area contributed by atoms with Gasteiger partial charge >= 0.3 is 0 Å². The maximum atomic E-state index is 4.44. The quantitative estimate of drug-likeness (QED) is 0.749. The second-order valence-electron chi connectivity index (χ2n) is 4.25. The van der Waals surface area contributed by atoms with Gasteiger partial charge in [0.25, 0.3) is 0 Å². The van der Waals surface area contributed by atoms with E-state index < -0.39 is 0 Å². The van der Waals surface area contributed by atoms with Gasteiger partial charge in [0.1, 0.15) is 18.3 Å². The first-order valence-electron chi connectivity index (χ1n) is 6.33. The van der Waals surface area contributed by atoms with Crippen LogP contribution in [0.15, 0.2) is 24.8 Å². The Hall–Kier alpha value is -0.880. The van der Waals surface area contributed by atoms with Crippen LogP contribution in [0.3, 0.4) is 0 Å². The van der Waals surface area contributed by atoms with Gasteiger partial charge in [-0.05, 0) is 12.5 Å². The lowest BCUT2D eigenvalue weighted by molar-refractivity contribution is 0.563. The molecule has 0 fully saturated rings. The number of nitrogens with zero attached hydrogens (tertiary/aromatic N) is 4. The van der Waals surface area contributed by atoms with Crippen molar-refractivity contribution in [2.75, 3.05) is 24.0 Å². The van der Waals surface area contributed by atoms with E-state index in [1.807, 2.05) is 48.3 Å². The van der Waals surface area contributed by atoms with Gasteiger partial charge < -0.3 is 9.13 Å². The van der Waals surface area contributed by atoms with Gasteiger partial charge in [-0.1, -0.05) is 0 Å². The molecule has 0 saturated heterocycles. The van der Waals surface area contributed by atoms with Crippen LogP contribution in [0.2, 0.25) is 0 Å². The lowest BCUT2D eigenvalue weighted by Gasteiger charge is -2.11. The van der Waals surface area contributed by atoms with Gasteiger partial charge in [0.2, 0.25) is 0 Å². The minimum Gasteiger partial charge on any atom is -0.316 e. The fourth-order valence-corrected chi connectivity index (χ4v) is 2.72. The largest absolute Gasteiger partial charge is 0.316 e. The predicted octanol–water partition coefficient (Wildman–Crippen LogP) is 2.40. The van der Waals surface area contributed by atoms with Crippen molar-refractivity contribution >= 4 is 23.5 Å². The van der Waals surface area contributed by atoms with Gasteiger partial charge in [0.15, 0.2) is 0 Å². The second kappa shape index (κ2) is 7.65. The molecule has 0 aromatic carbocycles. The molecular weight excluding hydrogens is 276 g/mol. The second-order valence-corrected chi connectivity index (χ2v) is 6.22. The average molecular weight is 296 g/mol. The average Bonchev–Trinajstić information content (AvgIpc) is 3.04. The molecule has 0 atom stereocenters. The highest BCUT2D eigenvalue weighted by Crippen LogP contribution is 2.07. The number of rotatable bonds is 8. The first-order chi connectivity index (χ1) is 9.35. The van der Waals surface area contributed by atoms with Crippen LogP contribution in [-0.4, -0.2) is 43.1 Å². The van der Waals surface area contributed by atoms with Gasteiger partial charge in [-0.15, -0.1) is 0 Å². The summed E-state index contributed by atoms with van der Waals surface area (Å²) in [6, 6.07) is 0. The number of hydrogen-bond donors (Lipinski definition) is 0. The van der Waals surface area contributed by atoms with E-state index in [4.69, 9.17) is 0 Å². The van der Waals surface area contributed by atoms with Crippen molar-refractivity contribution < 1.29 is 0 Å². The molecule has 6 heteroatoms. The fraction of sp³-hybridized carbons (Fsp3) is 0.538. The van der Waals surface area contributed by atoms with Gasteiger partial charge in [0, 0.05) is 49.1 Å². The molecule has 0 N–H and O–H groups in total. The van der Waals surface area contributed by atoms with Crippen molar-refractivity contribution in [2.45, 2.75) is 19.5 Å². The Labute approximate surface area is 123 Å². The summed E-state index contributed by atoms with van der Waals surface area (Å²) >= 11 is 3.71. The summed E-state index contributed by atoms with van der Waals surface area (Å²) in [7, 11) is 0. The third kappa shape index (κ3) is 4.04. The summed E-state index contributed by atoms with van der Waals surface area (Å²) in [6.45, 7) is 0.813. The Morgan fingerprint density at radius 3 is 1.79 bits per heavy atom. The molecular formula is C13H20N4S2. The minimum atomic E-state index is 0.813. The highest BCUT2D eigenvalue weighted by molar-refractivity contribution is 7.98. The zero-order chi connectivity index (χ0) is 13.5. The lowest BCUT2D eigenvalue weighted by atomic mass is 10.4. The molecule has 0 spiro atoms. The van der Waals surface area contributed by atoms with Gasteiger partial charge in [-0.25, -0.2) is 9.97 Å². The number of imidazole rings is 2. The van der Waals surface area contributed by atoms with E-state index in [2.05, 4.69) is 31.6 Å². The molecule has 0 aliphatic heterocycles. The van der Waals surface area contributed by atoms with E-state index >= 15 is 0 Å². The van der Waals surface area contributed by atoms with Crippen LogP contribution in [0, 0.1) is 0 Å². The molecule has 0 aliphatic carbocycles. The molecule has 0 aliphatic rings. The van der Waals surface area contributed by atoms with Gasteiger partial charge in [-0.3, -0.25) is 0 Å². The fourth-order valence-electron chi connectivity index (χ4n) is 1.94. The van der Waals surface area contributed by atoms with Crippen molar-refractivity contribution in [1.29, 1.82) is 0 Å². The summed E-state index contributed by atoms with van der Waals surface area (Å²) in [5.41, 5.74) is 0. The summed E-state index contributed by atoms with van der Waals surface area (Å²) in [4.78, 5) is 8.88. The standard InChI is InChI=1S/C13H20N4S2/c1-18-9-3-12-14-5-7-16(12)11-17-8-6-15-13(17)4-10-19-2/h5-8H,3-4,9-11H2,1-2H3. The van der Waals surface area contributed by atoms with Crippen LogP contribution in [0.5, 0.6) is 0 Å². The molecule has 0 amide bonds. The number of aryl methyl sites for hydroxylation is 2. The summed E-state index contributed by atoms with van der Waals surface area (Å²) in [6.07, 6.45) is 14.2. The van der Waals surface area contributed by atoms with E-state index in [0.29, 0.717) is 0 Å². The first kappa shape index (κ1) is 14.5. The Bertz CT molecular complexity index is 448. The van der Waals surface area contributed by atoms with Crippen LogP contribution in [0.1, 0.15) is 11.6 Å². The third-order valence-electron chi connectivity index (χ3n) is 2.97. The summed E-state index contributed by atoms with van der Waals surface area (Å²) in [5.74, 6) is 4.53. The molecule has 104 valence electrons. The van der Waals surface area contributed by atoms with E-state index in [1.165, 1.54) is 0 Å². The van der Waals surface area contributed by atoms with E-state index in [-0.39, 0.29) is 0 Å². The number of hydrogen-bond acceptors (Lipinski definition) is 4. The molecule has 0 bridgehead atoms. The minimum absolute atomic E-state index is 0.813. The van der Waals surface area contributed by atoms with E-state index in [0.717, 1.165) is 42.7 Å². The molecule has 2 aromatic rings. The highest BCUT2D eigenvalue weighted by Gasteiger charge is 2.06.